The Labute approximate surface area is 156 Å². The smallest absolute Gasteiger partial charge is 0.0992 e. The van der Waals surface area contributed by atoms with E-state index >= 15 is 0 Å². The van der Waals surface area contributed by atoms with Gasteiger partial charge >= 0.3 is 0 Å². The Balaban J connectivity index is 0.00000225. The Morgan fingerprint density at radius 3 is 2.44 bits per heavy atom. The van der Waals surface area contributed by atoms with Crippen LogP contribution in [-0.2, 0) is 11.2 Å². The molecule has 1 aliphatic heterocycles. The summed E-state index contributed by atoms with van der Waals surface area (Å²) >= 11 is 0. The molecule has 4 heteroatoms. The van der Waals surface area contributed by atoms with Crippen LogP contribution in [0.15, 0.2) is 54.6 Å². The fraction of sp³-hybridized carbons (Fsp3) is 0.429. The quantitative estimate of drug-likeness (QED) is 0.853. The number of halogens is 1. The summed E-state index contributed by atoms with van der Waals surface area (Å²) in [5, 5.41) is 14.8. The van der Waals surface area contributed by atoms with Gasteiger partial charge in [0.05, 0.1) is 18.3 Å². The number of ether oxygens (including phenoxy) is 1. The Kier molecular flexibility index (Phi) is 7.03. The Morgan fingerprint density at radius 1 is 1.12 bits per heavy atom. The number of hydrogen-bond donors (Lipinski definition) is 2. The third-order valence-electron chi connectivity index (χ3n) is 5.06. The summed E-state index contributed by atoms with van der Waals surface area (Å²) in [6.07, 6.45) is 0.400. The zero-order valence-corrected chi connectivity index (χ0v) is 15.8. The van der Waals surface area contributed by atoms with Crippen LogP contribution in [0.3, 0.4) is 0 Å². The van der Waals surface area contributed by atoms with Crippen molar-refractivity contribution in [2.45, 2.75) is 32.0 Å². The van der Waals surface area contributed by atoms with Crippen LogP contribution in [0.25, 0.3) is 11.1 Å². The van der Waals surface area contributed by atoms with Gasteiger partial charge in [-0.3, -0.25) is 0 Å². The summed E-state index contributed by atoms with van der Waals surface area (Å²) in [5.74, 6) is 0.103. The topological polar surface area (TPSA) is 41.5 Å². The Bertz CT molecular complexity index is 656. The van der Waals surface area contributed by atoms with Crippen molar-refractivity contribution in [1.82, 2.24) is 5.32 Å². The van der Waals surface area contributed by atoms with Gasteiger partial charge in [0.1, 0.15) is 0 Å². The average molecular weight is 362 g/mol. The minimum absolute atomic E-state index is 0. The van der Waals surface area contributed by atoms with Gasteiger partial charge in [-0.2, -0.15) is 0 Å². The molecule has 2 atom stereocenters. The van der Waals surface area contributed by atoms with Crippen LogP contribution in [0.1, 0.15) is 19.4 Å². The molecule has 2 N–H and O–H groups in total. The summed E-state index contributed by atoms with van der Waals surface area (Å²) in [5.41, 5.74) is 2.63. The summed E-state index contributed by atoms with van der Waals surface area (Å²) in [6.45, 7) is 6.35. The van der Waals surface area contributed by atoms with Gasteiger partial charge in [-0.1, -0.05) is 68.4 Å². The molecule has 1 aliphatic rings. The molecule has 0 saturated carbocycles. The number of rotatable bonds is 5. The molecular formula is C21H28ClNO2. The molecule has 25 heavy (non-hydrogen) atoms. The van der Waals surface area contributed by atoms with Crippen molar-refractivity contribution in [3.63, 3.8) is 0 Å². The van der Waals surface area contributed by atoms with Gasteiger partial charge in [0.2, 0.25) is 0 Å². The molecule has 3 rings (SSSR count). The van der Waals surface area contributed by atoms with Crippen LogP contribution in [-0.4, -0.2) is 36.5 Å². The van der Waals surface area contributed by atoms with E-state index in [2.05, 4.69) is 61.6 Å². The maximum absolute atomic E-state index is 11.5. The first-order chi connectivity index (χ1) is 11.6. The SMILES string of the molecule is CC(C)C(O)(Cc1ccccc1-c1ccccc1)C1CNCCO1.Cl. The van der Waals surface area contributed by atoms with E-state index in [9.17, 15) is 5.11 Å². The molecular weight excluding hydrogens is 334 g/mol. The predicted molar refractivity (Wildman–Crippen MR) is 105 cm³/mol. The number of benzene rings is 2. The molecule has 2 aromatic carbocycles. The summed E-state index contributed by atoms with van der Waals surface area (Å²) in [4.78, 5) is 0. The van der Waals surface area contributed by atoms with Crippen LogP contribution in [0, 0.1) is 5.92 Å². The first-order valence-electron chi connectivity index (χ1n) is 8.79. The molecule has 1 fully saturated rings. The van der Waals surface area contributed by atoms with Crippen molar-refractivity contribution in [2.24, 2.45) is 5.92 Å². The van der Waals surface area contributed by atoms with Crippen LogP contribution in [0.2, 0.25) is 0 Å². The second-order valence-electron chi connectivity index (χ2n) is 6.91. The van der Waals surface area contributed by atoms with Crippen molar-refractivity contribution < 1.29 is 9.84 Å². The molecule has 2 unspecified atom stereocenters. The van der Waals surface area contributed by atoms with Crippen LogP contribution < -0.4 is 5.32 Å². The molecule has 136 valence electrons. The van der Waals surface area contributed by atoms with E-state index in [0.717, 1.165) is 12.1 Å². The largest absolute Gasteiger partial charge is 0.387 e. The lowest BCUT2D eigenvalue weighted by atomic mass is 9.78. The van der Waals surface area contributed by atoms with E-state index in [-0.39, 0.29) is 24.4 Å². The summed E-state index contributed by atoms with van der Waals surface area (Å²) in [7, 11) is 0. The average Bonchev–Trinajstić information content (AvgIpc) is 2.63. The van der Waals surface area contributed by atoms with E-state index in [0.29, 0.717) is 19.6 Å². The highest BCUT2D eigenvalue weighted by molar-refractivity contribution is 5.85. The molecule has 0 aromatic heterocycles. The summed E-state index contributed by atoms with van der Waals surface area (Å²) < 4.78 is 5.91. The zero-order chi connectivity index (χ0) is 17.0. The highest BCUT2D eigenvalue weighted by atomic mass is 35.5. The van der Waals surface area contributed by atoms with Crippen molar-refractivity contribution in [3.05, 3.63) is 60.2 Å². The first kappa shape index (κ1) is 19.9. The lowest BCUT2D eigenvalue weighted by Gasteiger charge is -2.42. The van der Waals surface area contributed by atoms with Crippen molar-refractivity contribution >= 4 is 12.4 Å². The molecule has 0 bridgehead atoms. The zero-order valence-electron chi connectivity index (χ0n) is 14.9. The number of nitrogens with one attached hydrogen (secondary N) is 1. The van der Waals surface area contributed by atoms with Crippen molar-refractivity contribution in [2.75, 3.05) is 19.7 Å². The summed E-state index contributed by atoms with van der Waals surface area (Å²) in [6, 6.07) is 18.7. The Hall–Kier alpha value is -1.39. The molecule has 0 aliphatic carbocycles. The molecule has 3 nitrogen and oxygen atoms in total. The van der Waals surface area contributed by atoms with Gasteiger partial charge in [0.25, 0.3) is 0 Å². The molecule has 0 amide bonds. The molecule has 1 saturated heterocycles. The highest BCUT2D eigenvalue weighted by Gasteiger charge is 2.41. The van der Waals surface area contributed by atoms with Gasteiger partial charge < -0.3 is 15.2 Å². The first-order valence-corrected chi connectivity index (χ1v) is 8.79. The van der Waals surface area contributed by atoms with Crippen LogP contribution >= 0.6 is 12.4 Å². The van der Waals surface area contributed by atoms with Gasteiger partial charge in [0, 0.05) is 19.5 Å². The third-order valence-corrected chi connectivity index (χ3v) is 5.06. The van der Waals surface area contributed by atoms with Gasteiger partial charge in [-0.25, -0.2) is 0 Å². The van der Waals surface area contributed by atoms with E-state index in [1.165, 1.54) is 11.1 Å². The maximum Gasteiger partial charge on any atom is 0.0992 e. The predicted octanol–water partition coefficient (Wildman–Crippen LogP) is 3.69. The Morgan fingerprint density at radius 2 is 1.80 bits per heavy atom. The van der Waals surface area contributed by atoms with E-state index < -0.39 is 5.60 Å². The van der Waals surface area contributed by atoms with Crippen molar-refractivity contribution in [3.8, 4) is 11.1 Å². The fourth-order valence-electron chi connectivity index (χ4n) is 3.46. The molecule has 1 heterocycles. The monoisotopic (exact) mass is 361 g/mol. The van der Waals surface area contributed by atoms with Gasteiger partial charge in [0.15, 0.2) is 0 Å². The minimum Gasteiger partial charge on any atom is -0.387 e. The van der Waals surface area contributed by atoms with Crippen molar-refractivity contribution in [1.29, 1.82) is 0 Å². The minimum atomic E-state index is -0.891. The molecule has 0 spiro atoms. The van der Waals surface area contributed by atoms with E-state index in [1.807, 2.05) is 12.1 Å². The fourth-order valence-corrected chi connectivity index (χ4v) is 3.46. The van der Waals surface area contributed by atoms with Gasteiger partial charge in [-0.15, -0.1) is 12.4 Å². The van der Waals surface area contributed by atoms with Crippen LogP contribution in [0.4, 0.5) is 0 Å². The second kappa shape index (κ2) is 8.81. The normalized spacial score (nSPS) is 19.9. The lowest BCUT2D eigenvalue weighted by molar-refractivity contribution is -0.141. The number of hydrogen-bond acceptors (Lipinski definition) is 3. The highest BCUT2D eigenvalue weighted by Crippen LogP contribution is 2.33. The lowest BCUT2D eigenvalue weighted by Crippen LogP contribution is -2.57. The van der Waals surface area contributed by atoms with Crippen LogP contribution in [0.5, 0.6) is 0 Å². The van der Waals surface area contributed by atoms with Gasteiger partial charge in [-0.05, 0) is 22.6 Å². The maximum atomic E-state index is 11.5. The number of aliphatic hydroxyl groups is 1. The van der Waals surface area contributed by atoms with E-state index in [4.69, 9.17) is 4.74 Å². The van der Waals surface area contributed by atoms with E-state index in [1.54, 1.807) is 0 Å². The molecule has 2 aromatic rings. The second-order valence-corrected chi connectivity index (χ2v) is 6.91. The third kappa shape index (κ3) is 4.42. The number of morpholine rings is 1. The standard InChI is InChI=1S/C21H27NO2.ClH/c1-16(2)21(23,20-15-22-12-13-24-20)14-18-10-6-7-11-19(18)17-8-4-3-5-9-17;/h3-11,16,20,22-23H,12-15H2,1-2H3;1H. The molecule has 0 radical (unpaired) electrons.